The largest absolute Gasteiger partial charge is 0.396 e. The lowest BCUT2D eigenvalue weighted by Crippen LogP contribution is -2.37. The van der Waals surface area contributed by atoms with E-state index in [1.165, 1.54) is 19.3 Å². The molecule has 2 rings (SSSR count). The first-order chi connectivity index (χ1) is 4.83. The second-order valence-corrected chi connectivity index (χ2v) is 3.76. The smallest absolute Gasteiger partial charge is 0.0476 e. The highest BCUT2D eigenvalue weighted by Crippen LogP contribution is 2.47. The Morgan fingerprint density at radius 2 is 2.00 bits per heavy atom. The van der Waals surface area contributed by atoms with Gasteiger partial charge in [0.25, 0.3) is 0 Å². The fourth-order valence-corrected chi connectivity index (χ4v) is 2.73. The van der Waals surface area contributed by atoms with Crippen LogP contribution in [0.5, 0.6) is 0 Å². The molecule has 0 spiro atoms. The maximum absolute atomic E-state index is 8.98. The van der Waals surface area contributed by atoms with Gasteiger partial charge in [0.05, 0.1) is 0 Å². The topological polar surface area (TPSA) is 46.2 Å². The molecule has 2 fully saturated rings. The van der Waals surface area contributed by atoms with Crippen molar-refractivity contribution < 1.29 is 5.11 Å². The van der Waals surface area contributed by atoms with E-state index in [1.807, 2.05) is 0 Å². The van der Waals surface area contributed by atoms with Gasteiger partial charge in [-0.25, -0.2) is 0 Å². The highest BCUT2D eigenvalue weighted by molar-refractivity contribution is 4.98. The van der Waals surface area contributed by atoms with Gasteiger partial charge < -0.3 is 10.8 Å². The molecule has 2 saturated carbocycles. The van der Waals surface area contributed by atoms with E-state index in [0.29, 0.717) is 18.6 Å². The second kappa shape index (κ2) is 2.21. The van der Waals surface area contributed by atoms with Crippen molar-refractivity contribution in [3.8, 4) is 0 Å². The zero-order valence-corrected chi connectivity index (χ0v) is 6.16. The molecule has 2 unspecified atom stereocenters. The lowest BCUT2D eigenvalue weighted by Gasteiger charge is -2.25. The zero-order chi connectivity index (χ0) is 7.14. The van der Waals surface area contributed by atoms with Crippen LogP contribution in [-0.2, 0) is 0 Å². The van der Waals surface area contributed by atoms with Crippen LogP contribution in [0, 0.1) is 17.8 Å². The third-order valence-electron chi connectivity index (χ3n) is 3.37. The number of aliphatic hydroxyl groups is 1. The van der Waals surface area contributed by atoms with Gasteiger partial charge in [-0.05, 0) is 31.1 Å². The number of fused-ring (bicyclic) bond motifs is 2. The maximum Gasteiger partial charge on any atom is 0.0476 e. The van der Waals surface area contributed by atoms with Crippen LogP contribution in [0.3, 0.4) is 0 Å². The predicted octanol–water partition coefficient (Wildman–Crippen LogP) is 0.352. The minimum absolute atomic E-state index is 0.308. The van der Waals surface area contributed by atoms with E-state index in [-0.39, 0.29) is 0 Å². The van der Waals surface area contributed by atoms with Crippen molar-refractivity contribution in [1.82, 2.24) is 0 Å². The molecule has 0 amide bonds. The van der Waals surface area contributed by atoms with E-state index in [9.17, 15) is 0 Å². The average molecular weight is 141 g/mol. The molecule has 2 heteroatoms. The molecule has 2 aliphatic rings. The molecule has 2 bridgehead atoms. The van der Waals surface area contributed by atoms with Crippen molar-refractivity contribution in [2.45, 2.75) is 25.3 Å². The summed E-state index contributed by atoms with van der Waals surface area (Å²) in [5.74, 6) is 1.92. The molecule has 0 aromatic carbocycles. The summed E-state index contributed by atoms with van der Waals surface area (Å²) in [7, 11) is 0. The van der Waals surface area contributed by atoms with Crippen LogP contribution in [0.1, 0.15) is 19.3 Å². The molecule has 58 valence electrons. The Labute approximate surface area is 61.4 Å². The van der Waals surface area contributed by atoms with Crippen LogP contribution in [0.4, 0.5) is 0 Å². The SMILES string of the molecule is N[C@H]1C2CCC(C2)[C@H]1CO. The van der Waals surface area contributed by atoms with Gasteiger partial charge in [-0.2, -0.15) is 0 Å². The van der Waals surface area contributed by atoms with Crippen LogP contribution in [0.2, 0.25) is 0 Å². The number of rotatable bonds is 1. The summed E-state index contributed by atoms with van der Waals surface area (Å²) in [6, 6.07) is 0.309. The highest BCUT2D eigenvalue weighted by atomic mass is 16.3. The Balaban J connectivity index is 2.10. The normalized spacial score (nSPS) is 52.2. The lowest BCUT2D eigenvalue weighted by molar-refractivity contribution is 0.159. The van der Waals surface area contributed by atoms with Crippen LogP contribution in [-0.4, -0.2) is 17.8 Å². The molecular formula is C8H15NO. The van der Waals surface area contributed by atoms with Gasteiger partial charge >= 0.3 is 0 Å². The first kappa shape index (κ1) is 6.62. The van der Waals surface area contributed by atoms with E-state index < -0.39 is 0 Å². The second-order valence-electron chi connectivity index (χ2n) is 3.76. The fourth-order valence-electron chi connectivity index (χ4n) is 2.73. The minimum Gasteiger partial charge on any atom is -0.396 e. The highest BCUT2D eigenvalue weighted by Gasteiger charge is 2.44. The quantitative estimate of drug-likeness (QED) is 0.553. The van der Waals surface area contributed by atoms with E-state index in [1.54, 1.807) is 0 Å². The molecule has 2 aliphatic carbocycles. The molecule has 2 nitrogen and oxygen atoms in total. The Kier molecular flexibility index (Phi) is 1.46. The van der Waals surface area contributed by atoms with Crippen LogP contribution >= 0.6 is 0 Å². The number of aliphatic hydroxyl groups excluding tert-OH is 1. The summed E-state index contributed by atoms with van der Waals surface area (Å²) in [5, 5.41) is 8.98. The molecule has 0 aromatic heterocycles. The summed E-state index contributed by atoms with van der Waals surface area (Å²) < 4.78 is 0. The summed E-state index contributed by atoms with van der Waals surface area (Å²) in [6.45, 7) is 0.308. The molecule has 0 radical (unpaired) electrons. The predicted molar refractivity (Wildman–Crippen MR) is 39.4 cm³/mol. The molecule has 0 aliphatic heterocycles. The van der Waals surface area contributed by atoms with E-state index in [0.717, 1.165) is 11.8 Å². The van der Waals surface area contributed by atoms with Gasteiger partial charge in [0, 0.05) is 18.6 Å². The zero-order valence-electron chi connectivity index (χ0n) is 6.16. The molecule has 0 heterocycles. The van der Waals surface area contributed by atoms with Gasteiger partial charge in [-0.3, -0.25) is 0 Å². The molecule has 0 aromatic rings. The van der Waals surface area contributed by atoms with Gasteiger partial charge in [0.15, 0.2) is 0 Å². The Hall–Kier alpha value is -0.0800. The third-order valence-corrected chi connectivity index (χ3v) is 3.37. The van der Waals surface area contributed by atoms with Gasteiger partial charge in [-0.1, -0.05) is 0 Å². The standard InChI is InChI=1S/C8H15NO/c9-8-6-2-1-5(3-6)7(8)4-10/h5-8,10H,1-4,9H2/t5?,6?,7-,8+/m1/s1. The summed E-state index contributed by atoms with van der Waals surface area (Å²) in [4.78, 5) is 0. The minimum atomic E-state index is 0.308. The summed E-state index contributed by atoms with van der Waals surface area (Å²) in [6.07, 6.45) is 3.90. The Morgan fingerprint density at radius 1 is 1.30 bits per heavy atom. The van der Waals surface area contributed by atoms with Crippen molar-refractivity contribution in [3.05, 3.63) is 0 Å². The van der Waals surface area contributed by atoms with E-state index in [4.69, 9.17) is 10.8 Å². The van der Waals surface area contributed by atoms with Crippen molar-refractivity contribution in [3.63, 3.8) is 0 Å². The number of hydrogen-bond donors (Lipinski definition) is 2. The molecular weight excluding hydrogens is 126 g/mol. The van der Waals surface area contributed by atoms with Crippen molar-refractivity contribution >= 4 is 0 Å². The fraction of sp³-hybridized carbons (Fsp3) is 1.00. The third kappa shape index (κ3) is 0.722. The molecule has 0 saturated heterocycles. The molecule has 3 N–H and O–H groups in total. The first-order valence-electron chi connectivity index (χ1n) is 4.19. The maximum atomic E-state index is 8.98. The summed E-state index contributed by atoms with van der Waals surface area (Å²) >= 11 is 0. The van der Waals surface area contributed by atoms with Gasteiger partial charge in [0.2, 0.25) is 0 Å². The van der Waals surface area contributed by atoms with Gasteiger partial charge in [-0.15, -0.1) is 0 Å². The Morgan fingerprint density at radius 3 is 2.40 bits per heavy atom. The average Bonchev–Trinajstić information content (AvgIpc) is 2.46. The van der Waals surface area contributed by atoms with Gasteiger partial charge in [0.1, 0.15) is 0 Å². The van der Waals surface area contributed by atoms with Crippen molar-refractivity contribution in [2.24, 2.45) is 23.5 Å². The lowest BCUT2D eigenvalue weighted by atomic mass is 9.86. The van der Waals surface area contributed by atoms with E-state index >= 15 is 0 Å². The van der Waals surface area contributed by atoms with Crippen LogP contribution in [0.15, 0.2) is 0 Å². The van der Waals surface area contributed by atoms with Crippen molar-refractivity contribution in [1.29, 1.82) is 0 Å². The number of hydrogen-bond acceptors (Lipinski definition) is 2. The first-order valence-corrected chi connectivity index (χ1v) is 4.19. The molecule has 4 atom stereocenters. The number of nitrogens with two attached hydrogens (primary N) is 1. The van der Waals surface area contributed by atoms with Crippen LogP contribution in [0.25, 0.3) is 0 Å². The van der Waals surface area contributed by atoms with Crippen LogP contribution < -0.4 is 5.73 Å². The van der Waals surface area contributed by atoms with E-state index in [2.05, 4.69) is 0 Å². The molecule has 10 heavy (non-hydrogen) atoms. The summed E-state index contributed by atoms with van der Waals surface area (Å²) in [5.41, 5.74) is 5.91. The van der Waals surface area contributed by atoms with Crippen molar-refractivity contribution in [2.75, 3.05) is 6.61 Å². The Bertz CT molecular complexity index is 135. The monoisotopic (exact) mass is 141 g/mol.